The molecule has 1 aliphatic heterocycles. The standard InChI is InChI=1S/C22H25FN6O/c1-12(2)17-18-15(9-25-21(19(18)23)13-4-6-24-7-5-13)28-20(17)14-8-16(30-3)22-26-11-27-29(22)10-14/h8-13,24,28H,4-7H2,1-3H3. The van der Waals surface area contributed by atoms with Crippen molar-refractivity contribution in [3.05, 3.63) is 41.9 Å². The fraction of sp³-hybridized carbons (Fsp3) is 0.409. The Morgan fingerprint density at radius 3 is 2.77 bits per heavy atom. The number of hydrogen-bond acceptors (Lipinski definition) is 5. The number of H-pyrrole nitrogens is 1. The second-order valence-corrected chi connectivity index (χ2v) is 8.16. The third-order valence-corrected chi connectivity index (χ3v) is 6.00. The lowest BCUT2D eigenvalue weighted by Crippen LogP contribution is -2.27. The summed E-state index contributed by atoms with van der Waals surface area (Å²) in [4.78, 5) is 12.2. The van der Waals surface area contributed by atoms with Gasteiger partial charge in [-0.2, -0.15) is 5.10 Å². The van der Waals surface area contributed by atoms with Crippen LogP contribution in [0.1, 0.15) is 49.8 Å². The summed E-state index contributed by atoms with van der Waals surface area (Å²) in [5, 5.41) is 8.23. The van der Waals surface area contributed by atoms with Crippen molar-refractivity contribution in [3.8, 4) is 17.0 Å². The van der Waals surface area contributed by atoms with Crippen molar-refractivity contribution in [3.63, 3.8) is 0 Å². The summed E-state index contributed by atoms with van der Waals surface area (Å²) in [5.74, 6) is 0.691. The molecule has 4 aromatic rings. The van der Waals surface area contributed by atoms with Crippen LogP contribution >= 0.6 is 0 Å². The zero-order valence-corrected chi connectivity index (χ0v) is 17.4. The summed E-state index contributed by atoms with van der Waals surface area (Å²) in [5.41, 5.74) is 4.61. The second-order valence-electron chi connectivity index (χ2n) is 8.16. The summed E-state index contributed by atoms with van der Waals surface area (Å²) in [6, 6.07) is 1.92. The van der Waals surface area contributed by atoms with Crippen molar-refractivity contribution in [1.29, 1.82) is 0 Å². The van der Waals surface area contributed by atoms with Gasteiger partial charge in [0.2, 0.25) is 0 Å². The largest absolute Gasteiger partial charge is 0.493 e. The number of nitrogens with zero attached hydrogens (tertiary/aromatic N) is 4. The lowest BCUT2D eigenvalue weighted by Gasteiger charge is -2.22. The van der Waals surface area contributed by atoms with Gasteiger partial charge in [-0.1, -0.05) is 13.8 Å². The summed E-state index contributed by atoms with van der Waals surface area (Å²) in [7, 11) is 1.61. The Kier molecular flexibility index (Phi) is 4.66. The van der Waals surface area contributed by atoms with Gasteiger partial charge in [-0.05, 0) is 43.5 Å². The average Bonchev–Trinajstić information content (AvgIpc) is 3.39. The van der Waals surface area contributed by atoms with Gasteiger partial charge in [0.25, 0.3) is 0 Å². The van der Waals surface area contributed by atoms with Gasteiger partial charge in [0.15, 0.2) is 17.2 Å². The number of halogens is 1. The normalized spacial score (nSPS) is 15.5. The van der Waals surface area contributed by atoms with E-state index in [-0.39, 0.29) is 17.7 Å². The van der Waals surface area contributed by atoms with Crippen molar-refractivity contribution in [2.24, 2.45) is 0 Å². The molecule has 0 unspecified atom stereocenters. The van der Waals surface area contributed by atoms with Crippen LogP contribution in [-0.4, -0.2) is 44.8 Å². The lowest BCUT2D eigenvalue weighted by atomic mass is 9.91. The van der Waals surface area contributed by atoms with Gasteiger partial charge in [-0.15, -0.1) is 0 Å². The molecule has 4 aromatic heterocycles. The van der Waals surface area contributed by atoms with Crippen molar-refractivity contribution in [2.75, 3.05) is 20.2 Å². The van der Waals surface area contributed by atoms with E-state index in [2.05, 4.69) is 39.2 Å². The van der Waals surface area contributed by atoms with E-state index >= 15 is 4.39 Å². The Hall–Kier alpha value is -3.00. The molecular weight excluding hydrogens is 383 g/mol. The van der Waals surface area contributed by atoms with E-state index in [1.807, 2.05) is 12.3 Å². The summed E-state index contributed by atoms with van der Waals surface area (Å²) in [6.07, 6.45) is 6.97. The molecule has 156 valence electrons. The van der Waals surface area contributed by atoms with Gasteiger partial charge in [-0.25, -0.2) is 13.9 Å². The van der Waals surface area contributed by atoms with Crippen LogP contribution in [-0.2, 0) is 0 Å². The Morgan fingerprint density at radius 2 is 2.03 bits per heavy atom. The van der Waals surface area contributed by atoms with E-state index in [0.29, 0.717) is 28.0 Å². The van der Waals surface area contributed by atoms with E-state index in [1.54, 1.807) is 17.8 Å². The number of aromatic amines is 1. The molecule has 0 saturated carbocycles. The van der Waals surface area contributed by atoms with Crippen LogP contribution in [0.15, 0.2) is 24.8 Å². The summed E-state index contributed by atoms with van der Waals surface area (Å²) in [6.45, 7) is 5.97. The van der Waals surface area contributed by atoms with Crippen LogP contribution in [0.4, 0.5) is 4.39 Å². The molecular formula is C22H25FN6O. The van der Waals surface area contributed by atoms with Gasteiger partial charge in [-0.3, -0.25) is 4.98 Å². The van der Waals surface area contributed by atoms with E-state index in [9.17, 15) is 0 Å². The van der Waals surface area contributed by atoms with Crippen LogP contribution in [0.25, 0.3) is 27.8 Å². The highest BCUT2D eigenvalue weighted by atomic mass is 19.1. The van der Waals surface area contributed by atoms with Gasteiger partial charge in [0.1, 0.15) is 6.33 Å². The van der Waals surface area contributed by atoms with Crippen LogP contribution in [0.5, 0.6) is 5.75 Å². The van der Waals surface area contributed by atoms with Crippen molar-refractivity contribution < 1.29 is 9.13 Å². The van der Waals surface area contributed by atoms with E-state index < -0.39 is 0 Å². The minimum Gasteiger partial charge on any atom is -0.493 e. The maximum absolute atomic E-state index is 15.8. The molecule has 5 heterocycles. The Bertz CT molecular complexity index is 1220. The van der Waals surface area contributed by atoms with E-state index in [0.717, 1.165) is 42.8 Å². The first-order valence-corrected chi connectivity index (χ1v) is 10.4. The number of hydrogen-bond donors (Lipinski definition) is 2. The highest BCUT2D eigenvalue weighted by Crippen LogP contribution is 2.40. The van der Waals surface area contributed by atoms with Crippen LogP contribution in [0.2, 0.25) is 0 Å². The van der Waals surface area contributed by atoms with Gasteiger partial charge in [0.05, 0.1) is 30.2 Å². The highest BCUT2D eigenvalue weighted by Gasteiger charge is 2.26. The van der Waals surface area contributed by atoms with Crippen molar-refractivity contribution in [1.82, 2.24) is 29.9 Å². The topological polar surface area (TPSA) is 80.1 Å². The zero-order valence-electron chi connectivity index (χ0n) is 17.4. The monoisotopic (exact) mass is 408 g/mol. The number of pyridine rings is 2. The van der Waals surface area contributed by atoms with E-state index in [4.69, 9.17) is 4.74 Å². The molecule has 0 atom stereocenters. The third kappa shape index (κ3) is 2.94. The predicted octanol–water partition coefficient (Wildman–Crippen LogP) is 4.01. The molecule has 7 nitrogen and oxygen atoms in total. The Morgan fingerprint density at radius 1 is 1.23 bits per heavy atom. The molecule has 1 fully saturated rings. The van der Waals surface area contributed by atoms with Crippen LogP contribution in [0, 0.1) is 5.82 Å². The first-order valence-electron chi connectivity index (χ1n) is 10.4. The van der Waals surface area contributed by atoms with Crippen LogP contribution in [0.3, 0.4) is 0 Å². The van der Waals surface area contributed by atoms with Crippen molar-refractivity contribution in [2.45, 2.75) is 38.5 Å². The second kappa shape index (κ2) is 7.36. The molecule has 2 N–H and O–H groups in total. The Balaban J connectivity index is 1.73. The minimum absolute atomic E-state index is 0.115. The molecule has 0 bridgehead atoms. The quantitative estimate of drug-likeness (QED) is 0.533. The first kappa shape index (κ1) is 19.0. The smallest absolute Gasteiger partial charge is 0.197 e. The molecule has 1 saturated heterocycles. The van der Waals surface area contributed by atoms with Crippen LogP contribution < -0.4 is 10.1 Å². The fourth-order valence-electron chi connectivity index (χ4n) is 4.55. The molecule has 5 rings (SSSR count). The summed E-state index contributed by atoms with van der Waals surface area (Å²) >= 11 is 0. The number of methoxy groups -OCH3 is 1. The van der Waals surface area contributed by atoms with Gasteiger partial charge in [0, 0.05) is 23.1 Å². The molecule has 0 amide bonds. The third-order valence-electron chi connectivity index (χ3n) is 6.00. The Labute approximate surface area is 173 Å². The van der Waals surface area contributed by atoms with E-state index in [1.165, 1.54) is 6.33 Å². The number of piperidine rings is 1. The molecule has 8 heteroatoms. The molecule has 1 aliphatic rings. The van der Waals surface area contributed by atoms with Gasteiger partial charge >= 0.3 is 0 Å². The SMILES string of the molecule is COc1cc(-c2[nH]c3cnc(C4CCNCC4)c(F)c3c2C(C)C)cn2ncnc12. The predicted molar refractivity (Wildman–Crippen MR) is 114 cm³/mol. The zero-order chi connectivity index (χ0) is 20.8. The molecule has 0 aliphatic carbocycles. The maximum Gasteiger partial charge on any atom is 0.197 e. The summed E-state index contributed by atoms with van der Waals surface area (Å²) < 4.78 is 23.0. The number of rotatable bonds is 4. The maximum atomic E-state index is 15.8. The number of fused-ring (bicyclic) bond motifs is 2. The fourth-order valence-corrected chi connectivity index (χ4v) is 4.55. The molecule has 30 heavy (non-hydrogen) atoms. The molecule has 0 aromatic carbocycles. The highest BCUT2D eigenvalue weighted by molar-refractivity contribution is 5.92. The number of ether oxygens (including phenoxy) is 1. The average molecular weight is 408 g/mol. The minimum atomic E-state index is -0.195. The number of nitrogens with one attached hydrogen (secondary N) is 2. The van der Waals surface area contributed by atoms with Crippen molar-refractivity contribution >= 4 is 16.6 Å². The molecule has 0 radical (unpaired) electrons. The van der Waals surface area contributed by atoms with Gasteiger partial charge < -0.3 is 15.0 Å². The lowest BCUT2D eigenvalue weighted by molar-refractivity contribution is 0.416. The number of aromatic nitrogens is 5. The first-order chi connectivity index (χ1) is 14.6. The molecule has 0 spiro atoms.